The van der Waals surface area contributed by atoms with Gasteiger partial charge in [-0.2, -0.15) is 0 Å². The largest absolute Gasteiger partial charge is 0.358 e. The Labute approximate surface area is 100 Å². The summed E-state index contributed by atoms with van der Waals surface area (Å²) in [7, 11) is 1.64. The predicted molar refractivity (Wildman–Crippen MR) is 68.7 cm³/mol. The lowest BCUT2D eigenvalue weighted by molar-refractivity contribution is 0.824. The van der Waals surface area contributed by atoms with E-state index >= 15 is 0 Å². The second kappa shape index (κ2) is 4.18. The Kier molecular flexibility index (Phi) is 2.88. The third-order valence-electron chi connectivity index (χ3n) is 2.05. The molecule has 0 bridgehead atoms. The molecule has 0 fully saturated rings. The summed E-state index contributed by atoms with van der Waals surface area (Å²) in [6.45, 7) is 4.21. The smallest absolute Gasteiger partial charge is 0.273 e. The third-order valence-corrected chi connectivity index (χ3v) is 3.43. The first kappa shape index (κ1) is 11.0. The lowest BCUT2D eigenvalue weighted by Gasteiger charge is -1.95. The van der Waals surface area contributed by atoms with Crippen molar-refractivity contribution in [2.75, 3.05) is 11.9 Å². The van der Waals surface area contributed by atoms with Crippen LogP contribution in [0, 0.1) is 4.77 Å². The van der Waals surface area contributed by atoms with Crippen molar-refractivity contribution in [2.45, 2.75) is 0 Å². The molecule has 0 aromatic carbocycles. The maximum Gasteiger partial charge on any atom is 0.273 e. The normalized spacial score (nSPS) is 10.6. The van der Waals surface area contributed by atoms with Crippen molar-refractivity contribution >= 4 is 39.0 Å². The first-order valence-electron chi connectivity index (χ1n) is 4.58. The Morgan fingerprint density at radius 1 is 1.75 bits per heavy atom. The van der Waals surface area contributed by atoms with Gasteiger partial charge in [0.1, 0.15) is 4.70 Å². The number of nitrogens with one attached hydrogen (secondary N) is 2. The highest BCUT2D eigenvalue weighted by Gasteiger charge is 2.08. The average Bonchev–Trinajstić information content (AvgIpc) is 2.66. The summed E-state index contributed by atoms with van der Waals surface area (Å²) in [6, 6.07) is 0. The van der Waals surface area contributed by atoms with Gasteiger partial charge in [0.05, 0.1) is 0 Å². The van der Waals surface area contributed by atoms with Crippen LogP contribution >= 0.6 is 23.6 Å². The van der Waals surface area contributed by atoms with Gasteiger partial charge in [-0.1, -0.05) is 17.4 Å². The van der Waals surface area contributed by atoms with E-state index in [1.807, 2.05) is 0 Å². The van der Waals surface area contributed by atoms with Crippen LogP contribution in [-0.4, -0.2) is 21.1 Å². The van der Waals surface area contributed by atoms with E-state index in [9.17, 15) is 4.79 Å². The molecule has 2 aromatic heterocycles. The summed E-state index contributed by atoms with van der Waals surface area (Å²) < 4.78 is 2.34. The van der Waals surface area contributed by atoms with Crippen LogP contribution in [0.3, 0.4) is 0 Å². The monoisotopic (exact) mass is 254 g/mol. The first-order chi connectivity index (χ1) is 7.63. The van der Waals surface area contributed by atoms with E-state index in [0.717, 1.165) is 0 Å². The molecule has 2 N–H and O–H groups in total. The molecule has 0 unspecified atom stereocenters. The molecule has 0 saturated carbocycles. The highest BCUT2D eigenvalue weighted by atomic mass is 32.1. The third kappa shape index (κ3) is 1.79. The molecule has 2 heterocycles. The van der Waals surface area contributed by atoms with E-state index in [1.165, 1.54) is 15.9 Å². The Bertz CT molecular complexity index is 652. The van der Waals surface area contributed by atoms with Gasteiger partial charge in [-0.3, -0.25) is 9.36 Å². The summed E-state index contributed by atoms with van der Waals surface area (Å²) in [6.07, 6.45) is 1.73. The van der Waals surface area contributed by atoms with Crippen molar-refractivity contribution in [3.8, 4) is 0 Å². The van der Waals surface area contributed by atoms with Crippen LogP contribution in [0.2, 0.25) is 0 Å². The zero-order valence-corrected chi connectivity index (χ0v) is 10.2. The van der Waals surface area contributed by atoms with Gasteiger partial charge in [0.2, 0.25) is 0 Å². The number of aromatic amines is 1. The number of nitrogens with zero attached hydrogens (tertiary/aromatic N) is 2. The van der Waals surface area contributed by atoms with Crippen LogP contribution in [0.25, 0.3) is 10.3 Å². The van der Waals surface area contributed by atoms with E-state index < -0.39 is 0 Å². The number of anilines is 1. The number of fused-ring (bicyclic) bond motifs is 1. The number of hydrogen-bond donors (Lipinski definition) is 2. The van der Waals surface area contributed by atoms with E-state index in [-0.39, 0.29) is 5.56 Å². The van der Waals surface area contributed by atoms with Crippen molar-refractivity contribution in [3.05, 3.63) is 27.8 Å². The van der Waals surface area contributed by atoms with Gasteiger partial charge in [-0.25, -0.2) is 4.98 Å². The van der Waals surface area contributed by atoms with Crippen molar-refractivity contribution < 1.29 is 0 Å². The van der Waals surface area contributed by atoms with Gasteiger partial charge in [-0.15, -0.1) is 6.58 Å². The van der Waals surface area contributed by atoms with Crippen molar-refractivity contribution in [1.82, 2.24) is 14.5 Å². The molecule has 0 saturated heterocycles. The van der Waals surface area contributed by atoms with Crippen molar-refractivity contribution in [3.63, 3.8) is 0 Å². The molecule has 2 rings (SSSR count). The topological polar surface area (TPSA) is 62.7 Å². The minimum Gasteiger partial charge on any atom is -0.358 e. The molecular weight excluding hydrogens is 244 g/mol. The van der Waals surface area contributed by atoms with Crippen LogP contribution in [0.1, 0.15) is 0 Å². The SMILES string of the molecule is C=CCNc1nc2[nH]c(=S)n(C)c(=O)c2s1. The summed E-state index contributed by atoms with van der Waals surface area (Å²) in [4.78, 5) is 19.0. The molecule has 0 radical (unpaired) electrons. The van der Waals surface area contributed by atoms with Gasteiger partial charge in [0, 0.05) is 13.6 Å². The molecule has 16 heavy (non-hydrogen) atoms. The zero-order valence-electron chi connectivity index (χ0n) is 8.61. The second-order valence-electron chi connectivity index (χ2n) is 3.16. The average molecular weight is 254 g/mol. The van der Waals surface area contributed by atoms with Gasteiger partial charge >= 0.3 is 0 Å². The highest BCUT2D eigenvalue weighted by Crippen LogP contribution is 2.20. The Hall–Kier alpha value is -1.47. The van der Waals surface area contributed by atoms with Crippen molar-refractivity contribution in [2.24, 2.45) is 7.05 Å². The fraction of sp³-hybridized carbons (Fsp3) is 0.222. The van der Waals surface area contributed by atoms with Gasteiger partial charge in [-0.05, 0) is 12.2 Å². The van der Waals surface area contributed by atoms with Crippen LogP contribution in [0.4, 0.5) is 5.13 Å². The first-order valence-corrected chi connectivity index (χ1v) is 5.80. The molecule has 84 valence electrons. The lowest BCUT2D eigenvalue weighted by Crippen LogP contribution is -2.17. The van der Waals surface area contributed by atoms with Gasteiger partial charge in [0.25, 0.3) is 5.56 Å². The van der Waals surface area contributed by atoms with E-state index in [4.69, 9.17) is 12.2 Å². The maximum absolute atomic E-state index is 11.8. The van der Waals surface area contributed by atoms with Crippen LogP contribution in [0.15, 0.2) is 17.4 Å². The predicted octanol–water partition coefficient (Wildman–Crippen LogP) is 1.65. The summed E-state index contributed by atoms with van der Waals surface area (Å²) in [5.74, 6) is 0. The standard InChI is InChI=1S/C9H10N4OS2/c1-3-4-10-8-11-6-5(16-8)7(14)13(2)9(15)12-6/h3H,1,4H2,2H3,(H,10,11)(H,12,15). The summed E-state index contributed by atoms with van der Waals surface area (Å²) >= 11 is 6.31. The Morgan fingerprint density at radius 2 is 2.50 bits per heavy atom. The fourth-order valence-corrected chi connectivity index (χ4v) is 2.30. The molecule has 0 atom stereocenters. The molecule has 0 aliphatic carbocycles. The number of hydrogen-bond acceptors (Lipinski definition) is 5. The van der Waals surface area contributed by atoms with Crippen LogP contribution in [0.5, 0.6) is 0 Å². The number of rotatable bonds is 3. The second-order valence-corrected chi connectivity index (χ2v) is 4.55. The molecule has 0 aliphatic heterocycles. The number of H-pyrrole nitrogens is 1. The maximum atomic E-state index is 11.8. The quantitative estimate of drug-likeness (QED) is 0.646. The Balaban J connectivity index is 2.62. The van der Waals surface area contributed by atoms with E-state index in [0.29, 0.717) is 26.8 Å². The summed E-state index contributed by atoms with van der Waals surface area (Å²) in [5.41, 5.74) is 0.410. The summed E-state index contributed by atoms with van der Waals surface area (Å²) in [5, 5.41) is 3.72. The number of thiazole rings is 1. The van der Waals surface area contributed by atoms with E-state index in [1.54, 1.807) is 13.1 Å². The molecule has 5 nitrogen and oxygen atoms in total. The molecule has 0 aliphatic rings. The Morgan fingerprint density at radius 3 is 3.19 bits per heavy atom. The highest BCUT2D eigenvalue weighted by molar-refractivity contribution is 7.71. The van der Waals surface area contributed by atoms with Crippen LogP contribution in [-0.2, 0) is 7.05 Å². The molecule has 0 amide bonds. The van der Waals surface area contributed by atoms with Gasteiger partial charge < -0.3 is 10.3 Å². The molecular formula is C9H10N4OS2. The molecule has 7 heteroatoms. The molecule has 0 spiro atoms. The zero-order chi connectivity index (χ0) is 11.7. The van der Waals surface area contributed by atoms with Crippen LogP contribution < -0.4 is 10.9 Å². The molecule has 2 aromatic rings. The minimum atomic E-state index is -0.122. The lowest BCUT2D eigenvalue weighted by atomic mass is 10.6. The fourth-order valence-electron chi connectivity index (χ4n) is 1.21. The van der Waals surface area contributed by atoms with E-state index in [2.05, 4.69) is 21.9 Å². The minimum absolute atomic E-state index is 0.122. The number of aromatic nitrogens is 3. The van der Waals surface area contributed by atoms with Crippen molar-refractivity contribution in [1.29, 1.82) is 0 Å². The van der Waals surface area contributed by atoms with Gasteiger partial charge in [0.15, 0.2) is 15.5 Å².